The predicted octanol–water partition coefficient (Wildman–Crippen LogP) is 4.35. The van der Waals surface area contributed by atoms with Gasteiger partial charge in [-0.2, -0.15) is 9.61 Å². The van der Waals surface area contributed by atoms with E-state index in [9.17, 15) is 4.79 Å². The van der Waals surface area contributed by atoms with Crippen LogP contribution in [0.3, 0.4) is 0 Å². The van der Waals surface area contributed by atoms with Crippen molar-refractivity contribution in [2.24, 2.45) is 0 Å². The van der Waals surface area contributed by atoms with E-state index in [1.807, 2.05) is 30.3 Å². The highest BCUT2D eigenvalue weighted by molar-refractivity contribution is 6.42. The average Bonchev–Trinajstić information content (AvgIpc) is 3.12. The molecule has 0 fully saturated rings. The quantitative estimate of drug-likeness (QED) is 0.570. The molecule has 0 atom stereocenters. The normalized spacial score (nSPS) is 10.8. The zero-order valence-corrected chi connectivity index (χ0v) is 14.7. The fraction of sp³-hybridized carbons (Fsp3) is 0. The van der Waals surface area contributed by atoms with Crippen LogP contribution in [0.2, 0.25) is 10.0 Å². The van der Waals surface area contributed by atoms with E-state index in [-0.39, 0.29) is 5.91 Å². The van der Waals surface area contributed by atoms with Gasteiger partial charge in [0.05, 0.1) is 15.7 Å². The van der Waals surface area contributed by atoms with Crippen LogP contribution in [0.1, 0.15) is 10.4 Å². The number of nitrogens with one attached hydrogen (secondary N) is 1. The van der Waals surface area contributed by atoms with E-state index < -0.39 is 0 Å². The van der Waals surface area contributed by atoms with Crippen LogP contribution in [-0.2, 0) is 0 Å². The van der Waals surface area contributed by atoms with Gasteiger partial charge in [-0.15, -0.1) is 10.2 Å². The molecule has 0 saturated carbocycles. The van der Waals surface area contributed by atoms with Crippen molar-refractivity contribution >= 4 is 40.4 Å². The van der Waals surface area contributed by atoms with Crippen LogP contribution in [0.25, 0.3) is 16.9 Å². The van der Waals surface area contributed by atoms with Gasteiger partial charge in [-0.3, -0.25) is 4.79 Å². The Morgan fingerprint density at radius 3 is 2.73 bits per heavy atom. The minimum absolute atomic E-state index is 0.275. The molecule has 0 aliphatic rings. The van der Waals surface area contributed by atoms with Crippen LogP contribution in [0.5, 0.6) is 0 Å². The van der Waals surface area contributed by atoms with Gasteiger partial charge in [0.15, 0.2) is 5.65 Å². The molecule has 2 aromatic heterocycles. The number of halogens is 2. The van der Waals surface area contributed by atoms with Gasteiger partial charge in [0.25, 0.3) is 5.91 Å². The number of rotatable bonds is 3. The molecule has 0 unspecified atom stereocenters. The molecular weight excluding hydrogens is 373 g/mol. The molecular formula is C18H11Cl2N5O. The topological polar surface area (TPSA) is 72.2 Å². The van der Waals surface area contributed by atoms with E-state index in [0.717, 1.165) is 11.3 Å². The molecule has 8 heteroatoms. The summed E-state index contributed by atoms with van der Waals surface area (Å²) < 4.78 is 1.59. The number of aromatic nitrogens is 4. The van der Waals surface area contributed by atoms with Crippen molar-refractivity contribution in [3.8, 4) is 11.3 Å². The first-order chi connectivity index (χ1) is 12.6. The SMILES string of the molecule is O=C(Nc1cccc(-c2ccc3nncn3n2)c1)c1ccc(Cl)c(Cl)c1. The van der Waals surface area contributed by atoms with Crippen LogP contribution in [0.15, 0.2) is 60.9 Å². The van der Waals surface area contributed by atoms with Crippen LogP contribution >= 0.6 is 23.2 Å². The summed E-state index contributed by atoms with van der Waals surface area (Å²) in [5.41, 5.74) is 3.33. The Morgan fingerprint density at radius 1 is 1.00 bits per heavy atom. The number of fused-ring (bicyclic) bond motifs is 1. The van der Waals surface area contributed by atoms with Crippen molar-refractivity contribution < 1.29 is 4.79 Å². The molecule has 128 valence electrons. The number of carbonyl (C=O) groups is 1. The van der Waals surface area contributed by atoms with E-state index in [2.05, 4.69) is 20.6 Å². The lowest BCUT2D eigenvalue weighted by Gasteiger charge is -2.08. The van der Waals surface area contributed by atoms with Crippen molar-refractivity contribution in [2.75, 3.05) is 5.32 Å². The Morgan fingerprint density at radius 2 is 1.88 bits per heavy atom. The highest BCUT2D eigenvalue weighted by Crippen LogP contribution is 2.24. The summed E-state index contributed by atoms with van der Waals surface area (Å²) in [6.45, 7) is 0. The lowest BCUT2D eigenvalue weighted by Crippen LogP contribution is -2.11. The Labute approximate surface area is 158 Å². The van der Waals surface area contributed by atoms with Gasteiger partial charge in [0, 0.05) is 16.8 Å². The molecule has 0 aliphatic carbocycles. The van der Waals surface area contributed by atoms with Gasteiger partial charge >= 0.3 is 0 Å². The van der Waals surface area contributed by atoms with Gasteiger partial charge in [0.1, 0.15) is 6.33 Å². The third kappa shape index (κ3) is 3.24. The van der Waals surface area contributed by atoms with Crippen molar-refractivity contribution in [3.05, 3.63) is 76.5 Å². The van der Waals surface area contributed by atoms with Crippen molar-refractivity contribution in [1.29, 1.82) is 0 Å². The number of carbonyl (C=O) groups excluding carboxylic acids is 1. The molecule has 4 aromatic rings. The zero-order valence-electron chi connectivity index (χ0n) is 13.2. The summed E-state index contributed by atoms with van der Waals surface area (Å²) in [6, 6.07) is 15.8. The number of benzene rings is 2. The lowest BCUT2D eigenvalue weighted by molar-refractivity contribution is 0.102. The number of anilines is 1. The van der Waals surface area contributed by atoms with E-state index in [0.29, 0.717) is 26.9 Å². The largest absolute Gasteiger partial charge is 0.322 e. The van der Waals surface area contributed by atoms with Gasteiger partial charge in [-0.1, -0.05) is 35.3 Å². The Hall–Kier alpha value is -2.96. The molecule has 0 saturated heterocycles. The second kappa shape index (κ2) is 6.74. The first-order valence-corrected chi connectivity index (χ1v) is 8.40. The second-order valence-electron chi connectivity index (χ2n) is 5.52. The third-order valence-corrected chi connectivity index (χ3v) is 4.50. The first-order valence-electron chi connectivity index (χ1n) is 7.64. The van der Waals surface area contributed by atoms with Crippen molar-refractivity contribution in [2.45, 2.75) is 0 Å². The smallest absolute Gasteiger partial charge is 0.255 e. The first kappa shape index (κ1) is 16.5. The number of nitrogens with zero attached hydrogens (tertiary/aromatic N) is 4. The van der Waals surface area contributed by atoms with Gasteiger partial charge in [-0.05, 0) is 42.5 Å². The molecule has 0 aliphatic heterocycles. The highest BCUT2D eigenvalue weighted by atomic mass is 35.5. The molecule has 2 heterocycles. The molecule has 1 N–H and O–H groups in total. The van der Waals surface area contributed by atoms with Gasteiger partial charge in [0.2, 0.25) is 0 Å². The summed E-state index contributed by atoms with van der Waals surface area (Å²) in [7, 11) is 0. The highest BCUT2D eigenvalue weighted by Gasteiger charge is 2.10. The van der Waals surface area contributed by atoms with Crippen LogP contribution < -0.4 is 5.32 Å². The van der Waals surface area contributed by atoms with E-state index in [1.54, 1.807) is 22.7 Å². The van der Waals surface area contributed by atoms with Gasteiger partial charge < -0.3 is 5.32 Å². The molecule has 26 heavy (non-hydrogen) atoms. The number of hydrogen-bond acceptors (Lipinski definition) is 4. The molecule has 2 aromatic carbocycles. The summed E-state index contributed by atoms with van der Waals surface area (Å²) >= 11 is 11.9. The monoisotopic (exact) mass is 383 g/mol. The van der Waals surface area contributed by atoms with E-state index in [4.69, 9.17) is 23.2 Å². The zero-order chi connectivity index (χ0) is 18.1. The second-order valence-corrected chi connectivity index (χ2v) is 6.33. The minimum atomic E-state index is -0.275. The Kier molecular flexibility index (Phi) is 4.28. The lowest BCUT2D eigenvalue weighted by atomic mass is 10.1. The maximum atomic E-state index is 12.4. The third-order valence-electron chi connectivity index (χ3n) is 3.76. The summed E-state index contributed by atoms with van der Waals surface area (Å²) in [5, 5.41) is 15.8. The minimum Gasteiger partial charge on any atom is -0.322 e. The summed E-state index contributed by atoms with van der Waals surface area (Å²) in [5.74, 6) is -0.275. The summed E-state index contributed by atoms with van der Waals surface area (Å²) in [6.07, 6.45) is 1.54. The van der Waals surface area contributed by atoms with Crippen LogP contribution in [0.4, 0.5) is 5.69 Å². The molecule has 0 spiro atoms. The van der Waals surface area contributed by atoms with E-state index >= 15 is 0 Å². The van der Waals surface area contributed by atoms with Crippen molar-refractivity contribution in [3.63, 3.8) is 0 Å². The predicted molar refractivity (Wildman–Crippen MR) is 101 cm³/mol. The molecule has 6 nitrogen and oxygen atoms in total. The fourth-order valence-corrected chi connectivity index (χ4v) is 2.78. The Bertz CT molecular complexity index is 1130. The molecule has 0 radical (unpaired) electrons. The maximum Gasteiger partial charge on any atom is 0.255 e. The maximum absolute atomic E-state index is 12.4. The van der Waals surface area contributed by atoms with Gasteiger partial charge in [-0.25, -0.2) is 0 Å². The van der Waals surface area contributed by atoms with Crippen LogP contribution in [0, 0.1) is 0 Å². The van der Waals surface area contributed by atoms with E-state index in [1.165, 1.54) is 12.4 Å². The number of amides is 1. The standard InChI is InChI=1S/C18H11Cl2N5O/c19-14-5-4-12(9-15(14)20)18(26)22-13-3-1-2-11(8-13)16-6-7-17-23-21-10-25(17)24-16/h1-10H,(H,22,26). The summed E-state index contributed by atoms with van der Waals surface area (Å²) in [4.78, 5) is 12.4. The molecule has 0 bridgehead atoms. The van der Waals surface area contributed by atoms with Crippen LogP contribution in [-0.4, -0.2) is 25.7 Å². The fourth-order valence-electron chi connectivity index (χ4n) is 2.48. The van der Waals surface area contributed by atoms with Crippen molar-refractivity contribution in [1.82, 2.24) is 19.8 Å². The molecule has 4 rings (SSSR count). The molecule has 1 amide bonds. The average molecular weight is 384 g/mol. The Balaban J connectivity index is 1.60. The number of hydrogen-bond donors (Lipinski definition) is 1.